The molecule has 0 N–H and O–H groups in total. The predicted octanol–water partition coefficient (Wildman–Crippen LogP) is 2.85. The van der Waals surface area contributed by atoms with Crippen LogP contribution in [0.15, 0.2) is 47.4 Å². The van der Waals surface area contributed by atoms with Gasteiger partial charge in [-0.05, 0) is 43.5 Å². The van der Waals surface area contributed by atoms with E-state index >= 15 is 0 Å². The van der Waals surface area contributed by atoms with Crippen LogP contribution in [0.5, 0.6) is 5.75 Å². The molecule has 7 heteroatoms. The molecule has 4 rings (SSSR count). The Balaban J connectivity index is 1.75. The molecule has 1 unspecified atom stereocenters. The van der Waals surface area contributed by atoms with E-state index in [1.54, 1.807) is 24.3 Å². The summed E-state index contributed by atoms with van der Waals surface area (Å²) in [5.41, 5.74) is 1.20. The van der Waals surface area contributed by atoms with Gasteiger partial charge in [0.25, 0.3) is 0 Å². The number of carbonyl (C=O) groups is 1. The van der Waals surface area contributed by atoms with Crippen molar-refractivity contribution >= 4 is 16.0 Å². The van der Waals surface area contributed by atoms with E-state index in [0.29, 0.717) is 30.7 Å². The van der Waals surface area contributed by atoms with Gasteiger partial charge >= 0.3 is 5.97 Å². The second-order valence-electron chi connectivity index (χ2n) is 7.03. The molecule has 0 aliphatic carbocycles. The fourth-order valence-electron chi connectivity index (χ4n) is 3.96. The molecule has 0 bridgehead atoms. The summed E-state index contributed by atoms with van der Waals surface area (Å²) in [6, 6.07) is 12.3. The highest BCUT2D eigenvalue weighted by Crippen LogP contribution is 2.44. The van der Waals surface area contributed by atoms with Gasteiger partial charge in [0.1, 0.15) is 10.6 Å². The van der Waals surface area contributed by atoms with Gasteiger partial charge in [0.2, 0.25) is 10.0 Å². The van der Waals surface area contributed by atoms with Crippen molar-refractivity contribution in [3.8, 4) is 5.75 Å². The van der Waals surface area contributed by atoms with Crippen LogP contribution in [0.25, 0.3) is 0 Å². The lowest BCUT2D eigenvalue weighted by Gasteiger charge is -2.39. The van der Waals surface area contributed by atoms with Crippen LogP contribution in [-0.4, -0.2) is 38.9 Å². The Morgan fingerprint density at radius 2 is 1.96 bits per heavy atom. The summed E-state index contributed by atoms with van der Waals surface area (Å²) in [6.07, 6.45) is 1.21. The predicted molar refractivity (Wildman–Crippen MR) is 99.3 cm³/mol. The molecule has 1 spiro atoms. The van der Waals surface area contributed by atoms with Crippen LogP contribution in [0.3, 0.4) is 0 Å². The third kappa shape index (κ3) is 2.82. The van der Waals surface area contributed by atoms with Gasteiger partial charge in [0.05, 0.1) is 19.2 Å². The van der Waals surface area contributed by atoms with E-state index in [0.717, 1.165) is 11.1 Å². The summed E-state index contributed by atoms with van der Waals surface area (Å²) in [7, 11) is -2.34. The van der Waals surface area contributed by atoms with E-state index in [-0.39, 0.29) is 11.4 Å². The van der Waals surface area contributed by atoms with E-state index in [2.05, 4.69) is 0 Å². The zero-order chi connectivity index (χ0) is 19.2. The Bertz CT molecular complexity index is 1020. The fourth-order valence-corrected chi connectivity index (χ4v) is 5.73. The number of hydrogen-bond acceptors (Lipinski definition) is 5. The Morgan fingerprint density at radius 1 is 1.19 bits per heavy atom. The number of methoxy groups -OCH3 is 1. The molecule has 1 fully saturated rings. The number of carbonyl (C=O) groups excluding carboxylic acids is 1. The summed E-state index contributed by atoms with van der Waals surface area (Å²) in [6.45, 7) is 2.32. The molecule has 1 saturated heterocycles. The van der Waals surface area contributed by atoms with Crippen LogP contribution in [-0.2, 0) is 20.4 Å². The molecule has 6 nitrogen and oxygen atoms in total. The lowest BCUT2D eigenvalue weighted by molar-refractivity contribution is -0.0345. The van der Waals surface area contributed by atoms with Crippen molar-refractivity contribution < 1.29 is 22.7 Å². The summed E-state index contributed by atoms with van der Waals surface area (Å²) in [4.78, 5) is 12.4. The first-order chi connectivity index (χ1) is 12.9. The number of fused-ring (bicyclic) bond motifs is 2. The largest absolute Gasteiger partial charge is 0.495 e. The number of hydrogen-bond donors (Lipinski definition) is 0. The first-order valence-electron chi connectivity index (χ1n) is 8.85. The van der Waals surface area contributed by atoms with Gasteiger partial charge in [-0.1, -0.05) is 24.3 Å². The van der Waals surface area contributed by atoms with Gasteiger partial charge in [-0.15, -0.1) is 0 Å². The number of ether oxygens (including phenoxy) is 2. The Hall–Kier alpha value is -2.38. The highest BCUT2D eigenvalue weighted by molar-refractivity contribution is 7.89. The highest BCUT2D eigenvalue weighted by atomic mass is 32.2. The Kier molecular flexibility index (Phi) is 4.24. The highest BCUT2D eigenvalue weighted by Gasteiger charge is 2.50. The minimum Gasteiger partial charge on any atom is -0.495 e. The van der Waals surface area contributed by atoms with E-state index in [9.17, 15) is 13.2 Å². The van der Waals surface area contributed by atoms with Crippen molar-refractivity contribution in [2.24, 2.45) is 0 Å². The van der Waals surface area contributed by atoms with Crippen LogP contribution < -0.4 is 4.74 Å². The number of sulfonamides is 1. The number of benzene rings is 2. The maximum atomic E-state index is 13.4. The number of rotatable bonds is 3. The number of aryl methyl sites for hydroxylation is 1. The first kappa shape index (κ1) is 18.0. The number of esters is 1. The molecule has 0 aromatic heterocycles. The maximum absolute atomic E-state index is 13.4. The van der Waals surface area contributed by atoms with Crippen molar-refractivity contribution in [2.45, 2.75) is 30.3 Å². The second-order valence-corrected chi connectivity index (χ2v) is 8.93. The quantitative estimate of drug-likeness (QED) is 0.757. The minimum atomic E-state index is -3.79. The smallest absolute Gasteiger partial charge is 0.339 e. The van der Waals surface area contributed by atoms with Crippen LogP contribution >= 0.6 is 0 Å². The van der Waals surface area contributed by atoms with Crippen molar-refractivity contribution in [1.29, 1.82) is 0 Å². The molecular weight excluding hydrogens is 366 g/mol. The minimum absolute atomic E-state index is 0.106. The van der Waals surface area contributed by atoms with Crippen molar-refractivity contribution in [3.05, 3.63) is 59.2 Å². The maximum Gasteiger partial charge on any atom is 0.339 e. The molecule has 0 radical (unpaired) electrons. The van der Waals surface area contributed by atoms with Crippen molar-refractivity contribution in [1.82, 2.24) is 4.31 Å². The Morgan fingerprint density at radius 3 is 2.74 bits per heavy atom. The van der Waals surface area contributed by atoms with Crippen molar-refractivity contribution in [3.63, 3.8) is 0 Å². The van der Waals surface area contributed by atoms with Crippen molar-refractivity contribution in [2.75, 3.05) is 20.2 Å². The van der Waals surface area contributed by atoms with Gasteiger partial charge < -0.3 is 9.47 Å². The molecule has 0 saturated carbocycles. The standard InChI is InChI=1S/C20H21NO5S/c1-14-8-9-17(25-2)18(12-14)27(23,24)21-11-5-10-20(13-21)16-7-4-3-6-15(16)19(22)26-20/h3-4,6-9,12H,5,10-11,13H2,1-2H3. The zero-order valence-electron chi connectivity index (χ0n) is 15.3. The summed E-state index contributed by atoms with van der Waals surface area (Å²) in [5.74, 6) is -0.0815. The van der Waals surface area contributed by atoms with Crippen LogP contribution in [0.2, 0.25) is 0 Å². The average Bonchev–Trinajstić information content (AvgIpc) is 2.93. The Labute approximate surface area is 158 Å². The fraction of sp³-hybridized carbons (Fsp3) is 0.350. The second kappa shape index (κ2) is 6.35. The van der Waals surface area contributed by atoms with Crippen LogP contribution in [0.1, 0.15) is 34.3 Å². The summed E-state index contributed by atoms with van der Waals surface area (Å²) in [5, 5.41) is 0. The molecule has 142 valence electrons. The van der Waals surface area contributed by atoms with E-state index in [1.165, 1.54) is 11.4 Å². The van der Waals surface area contributed by atoms with Crippen LogP contribution in [0, 0.1) is 6.92 Å². The van der Waals surface area contributed by atoms with Gasteiger partial charge in [-0.25, -0.2) is 13.2 Å². The SMILES string of the molecule is COc1ccc(C)cc1S(=O)(=O)N1CCCC2(C1)OC(=O)c1ccccc12. The summed E-state index contributed by atoms with van der Waals surface area (Å²) < 4.78 is 39.1. The third-order valence-corrected chi connectivity index (χ3v) is 7.15. The average molecular weight is 387 g/mol. The third-order valence-electron chi connectivity index (χ3n) is 5.28. The van der Waals surface area contributed by atoms with E-state index < -0.39 is 21.6 Å². The van der Waals surface area contributed by atoms with E-state index in [4.69, 9.17) is 9.47 Å². The molecule has 2 aliphatic heterocycles. The normalized spacial score (nSPS) is 22.5. The van der Waals surface area contributed by atoms with Gasteiger partial charge in [0, 0.05) is 12.1 Å². The van der Waals surface area contributed by atoms with E-state index in [1.807, 2.05) is 25.1 Å². The van der Waals surface area contributed by atoms with Gasteiger partial charge in [-0.3, -0.25) is 0 Å². The molecule has 2 aliphatic rings. The zero-order valence-corrected chi connectivity index (χ0v) is 16.1. The molecule has 2 aromatic rings. The molecule has 27 heavy (non-hydrogen) atoms. The molecule has 0 amide bonds. The first-order valence-corrected chi connectivity index (χ1v) is 10.3. The number of piperidine rings is 1. The lowest BCUT2D eigenvalue weighted by atomic mass is 9.86. The molecular formula is C20H21NO5S. The molecule has 2 aromatic carbocycles. The van der Waals surface area contributed by atoms with Gasteiger partial charge in [0.15, 0.2) is 5.60 Å². The summed E-state index contributed by atoms with van der Waals surface area (Å²) >= 11 is 0. The molecule has 2 heterocycles. The molecule has 1 atom stereocenters. The van der Waals surface area contributed by atoms with Gasteiger partial charge in [-0.2, -0.15) is 4.31 Å². The lowest BCUT2D eigenvalue weighted by Crippen LogP contribution is -2.48. The number of nitrogens with zero attached hydrogens (tertiary/aromatic N) is 1. The topological polar surface area (TPSA) is 72.9 Å². The monoisotopic (exact) mass is 387 g/mol. The van der Waals surface area contributed by atoms with Crippen LogP contribution in [0.4, 0.5) is 0 Å².